The van der Waals surface area contributed by atoms with Crippen molar-refractivity contribution in [3.8, 4) is 5.75 Å². The van der Waals surface area contributed by atoms with Gasteiger partial charge in [-0.1, -0.05) is 12.2 Å². The van der Waals surface area contributed by atoms with Crippen LogP contribution in [0.5, 0.6) is 5.75 Å². The number of hydrogen-bond acceptors (Lipinski definition) is 3. The molecule has 0 spiro atoms. The molecule has 0 aliphatic carbocycles. The molecular weight excluding hydrogens is 287 g/mol. The average molecular weight is 296 g/mol. The number of nitrogens with zero attached hydrogens (tertiary/aromatic N) is 1. The van der Waals surface area contributed by atoms with Gasteiger partial charge in [0.1, 0.15) is 6.61 Å². The molecule has 0 amide bonds. The van der Waals surface area contributed by atoms with E-state index in [0.29, 0.717) is 6.07 Å². The second-order valence-corrected chi connectivity index (χ2v) is 3.68. The Morgan fingerprint density at radius 3 is 2.58 bits per heavy atom. The first-order valence-electron chi connectivity index (χ1n) is 5.05. The van der Waals surface area contributed by atoms with Crippen molar-refractivity contribution >= 4 is 17.3 Å². The number of alkyl halides is 4. The first-order valence-corrected chi connectivity index (χ1v) is 5.59. The van der Waals surface area contributed by atoms with E-state index in [1.807, 2.05) is 0 Å². The van der Waals surface area contributed by atoms with Gasteiger partial charge >= 0.3 is 11.9 Å². The monoisotopic (exact) mass is 295 g/mol. The molecule has 0 unspecified atom stereocenters. The minimum Gasteiger partial charge on any atom is -0.483 e. The van der Waals surface area contributed by atoms with Crippen molar-refractivity contribution in [3.63, 3.8) is 0 Å². The maximum absolute atomic E-state index is 12.4. The van der Waals surface area contributed by atoms with E-state index in [0.717, 1.165) is 12.1 Å². The van der Waals surface area contributed by atoms with Crippen LogP contribution < -0.4 is 4.74 Å². The van der Waals surface area contributed by atoms with E-state index in [2.05, 4.69) is 0 Å². The fourth-order valence-corrected chi connectivity index (χ4v) is 1.35. The van der Waals surface area contributed by atoms with Crippen molar-refractivity contribution in [1.82, 2.24) is 0 Å². The van der Waals surface area contributed by atoms with Crippen LogP contribution in [0.1, 0.15) is 5.56 Å². The summed E-state index contributed by atoms with van der Waals surface area (Å²) in [5, 5.41) is 10.7. The first-order chi connectivity index (χ1) is 8.86. The molecule has 0 atom stereocenters. The quantitative estimate of drug-likeness (QED) is 0.359. The van der Waals surface area contributed by atoms with E-state index >= 15 is 0 Å². The average Bonchev–Trinajstić information content (AvgIpc) is 2.33. The number of allylic oxidation sites excluding steroid dienone is 1. The molecule has 0 aliphatic heterocycles. The highest BCUT2D eigenvalue weighted by molar-refractivity contribution is 6.18. The van der Waals surface area contributed by atoms with Crippen LogP contribution >= 0.6 is 11.6 Å². The molecule has 4 nitrogen and oxygen atoms in total. The van der Waals surface area contributed by atoms with Crippen LogP contribution in [-0.4, -0.2) is 17.4 Å². The molecule has 0 saturated heterocycles. The third-order valence-electron chi connectivity index (χ3n) is 2.07. The minimum absolute atomic E-state index is 0.0150. The predicted octanol–water partition coefficient (Wildman–Crippen LogP) is 3.79. The molecule has 1 rings (SSSR count). The van der Waals surface area contributed by atoms with Crippen LogP contribution in [0.25, 0.3) is 0 Å². The van der Waals surface area contributed by atoms with E-state index in [-0.39, 0.29) is 18.2 Å². The van der Waals surface area contributed by atoms with E-state index in [1.54, 1.807) is 6.08 Å². The van der Waals surface area contributed by atoms with Gasteiger partial charge in [0.15, 0.2) is 5.75 Å². The molecule has 0 aromatic heterocycles. The zero-order valence-corrected chi connectivity index (χ0v) is 10.2. The minimum atomic E-state index is -4.64. The number of rotatable bonds is 5. The summed E-state index contributed by atoms with van der Waals surface area (Å²) >= 11 is 5.36. The largest absolute Gasteiger partial charge is 0.483 e. The second kappa shape index (κ2) is 6.42. The molecule has 1 aromatic carbocycles. The zero-order valence-electron chi connectivity index (χ0n) is 9.48. The van der Waals surface area contributed by atoms with Crippen molar-refractivity contribution in [1.29, 1.82) is 0 Å². The lowest BCUT2D eigenvalue weighted by Crippen LogP contribution is -2.06. The lowest BCUT2D eigenvalue weighted by atomic mass is 10.2. The molecule has 0 N–H and O–H groups in total. The van der Waals surface area contributed by atoms with Crippen LogP contribution in [-0.2, 0) is 6.18 Å². The maximum Gasteiger partial charge on any atom is 0.416 e. The van der Waals surface area contributed by atoms with Crippen molar-refractivity contribution in [2.75, 3.05) is 12.5 Å². The van der Waals surface area contributed by atoms with E-state index < -0.39 is 22.4 Å². The Balaban J connectivity index is 2.99. The summed E-state index contributed by atoms with van der Waals surface area (Å²) in [5.41, 5.74) is -1.82. The summed E-state index contributed by atoms with van der Waals surface area (Å²) in [6, 6.07) is 2.10. The van der Waals surface area contributed by atoms with Crippen molar-refractivity contribution in [2.24, 2.45) is 0 Å². The van der Waals surface area contributed by atoms with Gasteiger partial charge in [-0.25, -0.2) is 0 Å². The van der Waals surface area contributed by atoms with Crippen LogP contribution in [0.15, 0.2) is 30.4 Å². The molecule has 0 bridgehead atoms. The Labute approximate surface area is 111 Å². The van der Waals surface area contributed by atoms with Gasteiger partial charge in [-0.05, 0) is 12.1 Å². The predicted molar refractivity (Wildman–Crippen MR) is 63.5 cm³/mol. The Morgan fingerprint density at radius 2 is 2.05 bits per heavy atom. The molecule has 0 fully saturated rings. The van der Waals surface area contributed by atoms with Gasteiger partial charge < -0.3 is 4.74 Å². The van der Waals surface area contributed by atoms with Crippen molar-refractivity contribution in [3.05, 3.63) is 46.0 Å². The summed E-state index contributed by atoms with van der Waals surface area (Å²) in [7, 11) is 0. The highest BCUT2D eigenvalue weighted by Crippen LogP contribution is 2.35. The second-order valence-electron chi connectivity index (χ2n) is 3.37. The highest BCUT2D eigenvalue weighted by Gasteiger charge is 2.33. The van der Waals surface area contributed by atoms with Crippen molar-refractivity contribution < 1.29 is 22.8 Å². The third-order valence-corrected chi connectivity index (χ3v) is 2.25. The smallest absolute Gasteiger partial charge is 0.416 e. The van der Waals surface area contributed by atoms with Crippen LogP contribution in [0, 0.1) is 10.1 Å². The third kappa shape index (κ3) is 4.44. The number of ether oxygens (including phenoxy) is 1. The van der Waals surface area contributed by atoms with Gasteiger partial charge in [0.25, 0.3) is 0 Å². The molecular formula is C11H9ClF3NO3. The summed E-state index contributed by atoms with van der Waals surface area (Å²) < 4.78 is 42.3. The molecule has 0 aliphatic rings. The van der Waals surface area contributed by atoms with Crippen molar-refractivity contribution in [2.45, 2.75) is 6.18 Å². The Hall–Kier alpha value is -1.76. The van der Waals surface area contributed by atoms with E-state index in [1.165, 1.54) is 6.08 Å². The normalized spacial score (nSPS) is 11.8. The molecule has 19 heavy (non-hydrogen) atoms. The molecule has 104 valence electrons. The van der Waals surface area contributed by atoms with Gasteiger partial charge in [0, 0.05) is 11.9 Å². The van der Waals surface area contributed by atoms with Gasteiger partial charge in [0.05, 0.1) is 10.5 Å². The van der Waals surface area contributed by atoms with Gasteiger partial charge in [-0.3, -0.25) is 10.1 Å². The fourth-order valence-electron chi connectivity index (χ4n) is 1.23. The van der Waals surface area contributed by atoms with E-state index in [9.17, 15) is 23.3 Å². The maximum atomic E-state index is 12.4. The standard InChI is InChI=1S/C11H9ClF3NO3/c12-5-1-2-6-19-10-4-3-8(11(13,14)15)7-9(10)16(17)18/h1-4,7H,5-6H2/b2-1+. The molecule has 0 heterocycles. The topological polar surface area (TPSA) is 52.4 Å². The van der Waals surface area contributed by atoms with E-state index in [4.69, 9.17) is 16.3 Å². The van der Waals surface area contributed by atoms with Gasteiger partial charge in [-0.2, -0.15) is 13.2 Å². The molecule has 0 radical (unpaired) electrons. The van der Waals surface area contributed by atoms with Gasteiger partial charge in [-0.15, -0.1) is 11.6 Å². The Kier molecular flexibility index (Phi) is 5.17. The fraction of sp³-hybridized carbons (Fsp3) is 0.273. The first kappa shape index (κ1) is 15.3. The highest BCUT2D eigenvalue weighted by atomic mass is 35.5. The number of nitro benzene ring substituents is 1. The summed E-state index contributed by atoms with van der Waals surface area (Å²) in [4.78, 5) is 9.79. The van der Waals surface area contributed by atoms with Crippen LogP contribution in [0.3, 0.4) is 0 Å². The summed E-state index contributed by atoms with van der Waals surface area (Å²) in [6.45, 7) is -0.0150. The SMILES string of the molecule is O=[N+]([O-])c1cc(C(F)(F)F)ccc1OC/C=C/CCl. The molecule has 1 aromatic rings. The zero-order chi connectivity index (χ0) is 14.5. The Bertz CT molecular complexity index is 489. The molecule has 8 heteroatoms. The number of benzene rings is 1. The number of nitro groups is 1. The van der Waals surface area contributed by atoms with Gasteiger partial charge in [0.2, 0.25) is 0 Å². The summed E-state index contributed by atoms with van der Waals surface area (Å²) in [6.07, 6.45) is -1.58. The number of hydrogen-bond donors (Lipinski definition) is 0. The van der Waals surface area contributed by atoms with Crippen LogP contribution in [0.2, 0.25) is 0 Å². The lowest BCUT2D eigenvalue weighted by molar-refractivity contribution is -0.386. The Morgan fingerprint density at radius 1 is 1.37 bits per heavy atom. The van der Waals surface area contributed by atoms with Crippen LogP contribution in [0.4, 0.5) is 18.9 Å². The lowest BCUT2D eigenvalue weighted by Gasteiger charge is -2.09. The molecule has 0 saturated carbocycles. The summed E-state index contributed by atoms with van der Waals surface area (Å²) in [5.74, 6) is 0.0237. The number of halogens is 4.